The second-order valence-corrected chi connectivity index (χ2v) is 4.56. The molecule has 0 radical (unpaired) electrons. The van der Waals surface area contributed by atoms with Crippen LogP contribution in [-0.4, -0.2) is 23.6 Å². The van der Waals surface area contributed by atoms with Crippen LogP contribution in [-0.2, 0) is 6.54 Å². The summed E-state index contributed by atoms with van der Waals surface area (Å²) in [7, 11) is 1.78. The molecule has 0 unspecified atom stereocenters. The van der Waals surface area contributed by atoms with Gasteiger partial charge >= 0.3 is 6.36 Å². The predicted octanol–water partition coefficient (Wildman–Crippen LogP) is 3.22. The van der Waals surface area contributed by atoms with Gasteiger partial charge in [-0.1, -0.05) is 5.16 Å². The van der Waals surface area contributed by atoms with E-state index >= 15 is 0 Å². The highest BCUT2D eigenvalue weighted by Crippen LogP contribution is 2.24. The zero-order valence-corrected chi connectivity index (χ0v) is 11.7. The fourth-order valence-electron chi connectivity index (χ4n) is 1.84. The van der Waals surface area contributed by atoms with Gasteiger partial charge in [0.2, 0.25) is 0 Å². The quantitative estimate of drug-likeness (QED) is 0.868. The molecule has 2 heterocycles. The standard InChI is InChI=1S/C13H14F3N3O2/c1-8-11(9(2)21-18-8)7-19(3)12-5-4-10(6-17-12)20-13(14,15)16/h4-6H,7H2,1-3H3. The number of aromatic nitrogens is 2. The van der Waals surface area contributed by atoms with Gasteiger partial charge in [0, 0.05) is 19.2 Å². The van der Waals surface area contributed by atoms with E-state index in [1.54, 1.807) is 18.9 Å². The van der Waals surface area contributed by atoms with Crippen molar-refractivity contribution in [2.45, 2.75) is 26.8 Å². The number of rotatable bonds is 4. The summed E-state index contributed by atoms with van der Waals surface area (Å²) in [6, 6.07) is 2.68. The highest BCUT2D eigenvalue weighted by atomic mass is 19.4. The number of aryl methyl sites for hydroxylation is 2. The van der Waals surface area contributed by atoms with Crippen molar-refractivity contribution in [3.8, 4) is 5.75 Å². The summed E-state index contributed by atoms with van der Waals surface area (Å²) in [6.07, 6.45) is -3.68. The highest BCUT2D eigenvalue weighted by molar-refractivity contribution is 5.41. The molecule has 0 spiro atoms. The average Bonchev–Trinajstić information content (AvgIpc) is 2.69. The molecule has 2 aromatic heterocycles. The number of nitrogens with zero attached hydrogens (tertiary/aromatic N) is 3. The molecule has 2 aromatic rings. The summed E-state index contributed by atoms with van der Waals surface area (Å²) in [5, 5.41) is 3.85. The summed E-state index contributed by atoms with van der Waals surface area (Å²) in [4.78, 5) is 5.73. The summed E-state index contributed by atoms with van der Waals surface area (Å²) in [5.41, 5.74) is 1.70. The van der Waals surface area contributed by atoms with Crippen molar-refractivity contribution in [2.24, 2.45) is 0 Å². The minimum Gasteiger partial charge on any atom is -0.404 e. The maximum Gasteiger partial charge on any atom is 0.573 e. The van der Waals surface area contributed by atoms with Crippen molar-refractivity contribution in [1.29, 1.82) is 0 Å². The molecule has 21 heavy (non-hydrogen) atoms. The zero-order chi connectivity index (χ0) is 15.6. The summed E-state index contributed by atoms with van der Waals surface area (Å²) in [5.74, 6) is 0.873. The third-order valence-corrected chi connectivity index (χ3v) is 2.92. The summed E-state index contributed by atoms with van der Waals surface area (Å²) < 4.78 is 45.0. The van der Waals surface area contributed by atoms with Gasteiger partial charge in [0.25, 0.3) is 0 Å². The molecular weight excluding hydrogens is 287 g/mol. The lowest BCUT2D eigenvalue weighted by Gasteiger charge is -2.18. The topological polar surface area (TPSA) is 51.4 Å². The maximum absolute atomic E-state index is 12.1. The number of alkyl halides is 3. The fraction of sp³-hybridized carbons (Fsp3) is 0.385. The van der Waals surface area contributed by atoms with E-state index < -0.39 is 6.36 Å². The molecule has 0 aliphatic heterocycles. The number of hydrogen-bond donors (Lipinski definition) is 0. The first-order chi connectivity index (χ1) is 9.76. The molecule has 2 rings (SSSR count). The van der Waals surface area contributed by atoms with Crippen molar-refractivity contribution >= 4 is 5.82 Å². The van der Waals surface area contributed by atoms with E-state index in [9.17, 15) is 13.2 Å². The minimum absolute atomic E-state index is 0.350. The first-order valence-corrected chi connectivity index (χ1v) is 6.11. The number of pyridine rings is 1. The normalized spacial score (nSPS) is 11.5. The molecule has 0 aliphatic carbocycles. The molecule has 0 saturated carbocycles. The number of halogens is 3. The Kier molecular flexibility index (Phi) is 4.06. The van der Waals surface area contributed by atoms with Gasteiger partial charge in [0.15, 0.2) is 0 Å². The second kappa shape index (κ2) is 5.63. The highest BCUT2D eigenvalue weighted by Gasteiger charge is 2.31. The predicted molar refractivity (Wildman–Crippen MR) is 69.0 cm³/mol. The van der Waals surface area contributed by atoms with Gasteiger partial charge in [-0.05, 0) is 26.0 Å². The molecule has 0 aromatic carbocycles. The Morgan fingerprint density at radius 2 is 2.00 bits per heavy atom. The lowest BCUT2D eigenvalue weighted by atomic mass is 10.2. The van der Waals surface area contributed by atoms with E-state index in [0.29, 0.717) is 18.1 Å². The van der Waals surface area contributed by atoms with E-state index in [4.69, 9.17) is 4.52 Å². The molecule has 0 amide bonds. The Hall–Kier alpha value is -2.25. The number of ether oxygens (including phenoxy) is 1. The van der Waals surface area contributed by atoms with Crippen molar-refractivity contribution in [2.75, 3.05) is 11.9 Å². The van der Waals surface area contributed by atoms with Crippen LogP contribution in [0.15, 0.2) is 22.9 Å². The first kappa shape index (κ1) is 15.1. The Balaban J connectivity index is 2.08. The van der Waals surface area contributed by atoms with Crippen LogP contribution >= 0.6 is 0 Å². The molecule has 0 fully saturated rings. The van der Waals surface area contributed by atoms with E-state index in [0.717, 1.165) is 17.5 Å². The minimum atomic E-state index is -4.72. The third-order valence-electron chi connectivity index (χ3n) is 2.92. The van der Waals surface area contributed by atoms with Crippen LogP contribution in [0.4, 0.5) is 19.0 Å². The van der Waals surface area contributed by atoms with Crippen LogP contribution in [0.5, 0.6) is 5.75 Å². The van der Waals surface area contributed by atoms with Crippen LogP contribution in [0.25, 0.3) is 0 Å². The molecule has 0 atom stereocenters. The van der Waals surface area contributed by atoms with Crippen molar-refractivity contribution in [3.05, 3.63) is 35.3 Å². The van der Waals surface area contributed by atoms with Crippen LogP contribution in [0.2, 0.25) is 0 Å². The summed E-state index contributed by atoms with van der Waals surface area (Å²) >= 11 is 0. The average molecular weight is 301 g/mol. The fourth-order valence-corrected chi connectivity index (χ4v) is 1.84. The summed E-state index contributed by atoms with van der Waals surface area (Å²) in [6.45, 7) is 4.12. The Bertz CT molecular complexity index is 589. The molecule has 0 N–H and O–H groups in total. The molecule has 8 heteroatoms. The lowest BCUT2D eigenvalue weighted by Crippen LogP contribution is -2.19. The van der Waals surface area contributed by atoms with Gasteiger partial charge in [-0.15, -0.1) is 13.2 Å². The van der Waals surface area contributed by atoms with Crippen LogP contribution in [0.1, 0.15) is 17.0 Å². The molecule has 0 saturated heterocycles. The van der Waals surface area contributed by atoms with Gasteiger partial charge in [-0.3, -0.25) is 0 Å². The van der Waals surface area contributed by atoms with E-state index in [1.165, 1.54) is 12.1 Å². The van der Waals surface area contributed by atoms with Crippen molar-refractivity contribution < 1.29 is 22.4 Å². The Labute approximate surface area is 119 Å². The second-order valence-electron chi connectivity index (χ2n) is 4.56. The Morgan fingerprint density at radius 3 is 2.48 bits per heavy atom. The van der Waals surface area contributed by atoms with Crippen molar-refractivity contribution in [3.63, 3.8) is 0 Å². The van der Waals surface area contributed by atoms with Crippen LogP contribution in [0.3, 0.4) is 0 Å². The van der Waals surface area contributed by atoms with E-state index in [2.05, 4.69) is 14.9 Å². The number of anilines is 1. The molecule has 114 valence electrons. The van der Waals surface area contributed by atoms with E-state index in [1.807, 2.05) is 6.92 Å². The van der Waals surface area contributed by atoms with Gasteiger partial charge in [0.1, 0.15) is 17.3 Å². The van der Waals surface area contributed by atoms with Crippen molar-refractivity contribution in [1.82, 2.24) is 10.1 Å². The van der Waals surface area contributed by atoms with Gasteiger partial charge < -0.3 is 14.2 Å². The third kappa shape index (κ3) is 3.87. The maximum atomic E-state index is 12.1. The lowest BCUT2D eigenvalue weighted by molar-refractivity contribution is -0.274. The largest absolute Gasteiger partial charge is 0.573 e. The molecular formula is C13H14F3N3O2. The van der Waals surface area contributed by atoms with Crippen LogP contribution in [0, 0.1) is 13.8 Å². The zero-order valence-electron chi connectivity index (χ0n) is 11.7. The molecule has 5 nitrogen and oxygen atoms in total. The Morgan fingerprint density at radius 1 is 1.29 bits per heavy atom. The molecule has 0 aliphatic rings. The van der Waals surface area contributed by atoms with Gasteiger partial charge in [-0.2, -0.15) is 0 Å². The van der Waals surface area contributed by atoms with Crippen LogP contribution < -0.4 is 9.64 Å². The monoisotopic (exact) mass is 301 g/mol. The SMILES string of the molecule is Cc1noc(C)c1CN(C)c1ccc(OC(F)(F)F)cn1. The van der Waals surface area contributed by atoms with Gasteiger partial charge in [-0.25, -0.2) is 4.98 Å². The van der Waals surface area contributed by atoms with Gasteiger partial charge in [0.05, 0.1) is 11.9 Å². The number of hydrogen-bond acceptors (Lipinski definition) is 5. The van der Waals surface area contributed by atoms with E-state index in [-0.39, 0.29) is 5.75 Å². The first-order valence-electron chi connectivity index (χ1n) is 6.11. The molecule has 0 bridgehead atoms. The smallest absolute Gasteiger partial charge is 0.404 e.